The van der Waals surface area contributed by atoms with Gasteiger partial charge in [0, 0.05) is 12.1 Å². The van der Waals surface area contributed by atoms with Crippen LogP contribution in [-0.4, -0.2) is 28.0 Å². The second kappa shape index (κ2) is 9.94. The Morgan fingerprint density at radius 2 is 1.65 bits per heavy atom. The Kier molecular flexibility index (Phi) is 7.42. The number of nitrogens with one attached hydrogen (secondary N) is 1. The van der Waals surface area contributed by atoms with Gasteiger partial charge >= 0.3 is 6.18 Å². The fourth-order valence-electron chi connectivity index (χ4n) is 2.95. The first-order chi connectivity index (χ1) is 15.9. The van der Waals surface area contributed by atoms with E-state index in [0.717, 1.165) is 22.0 Å². The van der Waals surface area contributed by atoms with Gasteiger partial charge in [0.2, 0.25) is 0 Å². The number of amides is 1. The second-order valence-corrected chi connectivity index (χ2v) is 9.71. The number of rotatable bonds is 7. The molecule has 11 heteroatoms. The summed E-state index contributed by atoms with van der Waals surface area (Å²) >= 11 is 5.63. The van der Waals surface area contributed by atoms with Gasteiger partial charge in [0.05, 0.1) is 21.8 Å². The molecule has 1 N–H and O–H groups in total. The van der Waals surface area contributed by atoms with Crippen molar-refractivity contribution in [2.24, 2.45) is 0 Å². The van der Waals surface area contributed by atoms with Gasteiger partial charge in [0.25, 0.3) is 15.9 Å². The second-order valence-electron chi connectivity index (χ2n) is 7.30. The summed E-state index contributed by atoms with van der Waals surface area (Å²) in [6.07, 6.45) is -4.70. The Morgan fingerprint density at radius 1 is 1.03 bits per heavy atom. The smallest absolute Gasteiger partial charge is 0.418 e. The number of hydrogen-bond acceptors (Lipinski definition) is 4. The molecule has 0 atom stereocenters. The van der Waals surface area contributed by atoms with Crippen LogP contribution in [0.5, 0.6) is 5.75 Å². The van der Waals surface area contributed by atoms with Crippen LogP contribution >= 0.6 is 11.6 Å². The molecular formula is C23H20ClF3N2O4S. The summed E-state index contributed by atoms with van der Waals surface area (Å²) in [6.45, 7) is 1.29. The van der Waals surface area contributed by atoms with Gasteiger partial charge in [-0.2, -0.15) is 13.2 Å². The van der Waals surface area contributed by atoms with Crippen molar-refractivity contribution in [2.45, 2.75) is 18.0 Å². The predicted octanol–water partition coefficient (Wildman–Crippen LogP) is 5.51. The fourth-order valence-corrected chi connectivity index (χ4v) is 4.32. The van der Waals surface area contributed by atoms with E-state index in [4.69, 9.17) is 16.3 Å². The third kappa shape index (κ3) is 6.00. The highest BCUT2D eigenvalue weighted by Crippen LogP contribution is 2.36. The lowest BCUT2D eigenvalue weighted by molar-refractivity contribution is -0.137. The number of hydrogen-bond donors (Lipinski definition) is 1. The van der Waals surface area contributed by atoms with Crippen molar-refractivity contribution in [1.29, 1.82) is 0 Å². The molecule has 0 aliphatic heterocycles. The number of sulfonamides is 1. The van der Waals surface area contributed by atoms with E-state index in [2.05, 4.69) is 5.32 Å². The van der Waals surface area contributed by atoms with Crippen LogP contribution in [0.4, 0.5) is 24.5 Å². The molecule has 0 saturated carbocycles. The minimum absolute atomic E-state index is 0.115. The number of anilines is 2. The van der Waals surface area contributed by atoms with Gasteiger partial charge in [-0.25, -0.2) is 8.42 Å². The van der Waals surface area contributed by atoms with Crippen LogP contribution in [0.2, 0.25) is 5.02 Å². The van der Waals surface area contributed by atoms with Crippen LogP contribution in [0.15, 0.2) is 71.6 Å². The number of carbonyl (C=O) groups excluding carboxylic acids is 1. The maximum Gasteiger partial charge on any atom is 0.418 e. The Morgan fingerprint density at radius 3 is 2.24 bits per heavy atom. The summed E-state index contributed by atoms with van der Waals surface area (Å²) in [5.74, 6) is -0.580. The molecule has 0 aromatic heterocycles. The van der Waals surface area contributed by atoms with E-state index < -0.39 is 40.0 Å². The molecule has 0 bridgehead atoms. The highest BCUT2D eigenvalue weighted by atomic mass is 35.5. The molecule has 0 spiro atoms. The van der Waals surface area contributed by atoms with Crippen molar-refractivity contribution in [3.05, 3.63) is 82.9 Å². The van der Waals surface area contributed by atoms with Crippen LogP contribution in [0.3, 0.4) is 0 Å². The van der Waals surface area contributed by atoms with Crippen molar-refractivity contribution >= 4 is 38.9 Å². The van der Waals surface area contributed by atoms with Crippen LogP contribution in [0.25, 0.3) is 0 Å². The van der Waals surface area contributed by atoms with E-state index in [1.54, 1.807) is 12.1 Å². The summed E-state index contributed by atoms with van der Waals surface area (Å²) < 4.78 is 71.5. The molecule has 34 heavy (non-hydrogen) atoms. The molecule has 0 aliphatic carbocycles. The zero-order valence-corrected chi connectivity index (χ0v) is 19.6. The van der Waals surface area contributed by atoms with E-state index in [1.165, 1.54) is 49.5 Å². The molecule has 1 amide bonds. The van der Waals surface area contributed by atoms with Crippen molar-refractivity contribution < 1.29 is 31.1 Å². The van der Waals surface area contributed by atoms with Gasteiger partial charge in [-0.05, 0) is 61.5 Å². The number of alkyl halides is 3. The zero-order chi connectivity index (χ0) is 25.1. The topological polar surface area (TPSA) is 75.7 Å². The quantitative estimate of drug-likeness (QED) is 0.453. The number of carbonyl (C=O) groups is 1. The first-order valence-electron chi connectivity index (χ1n) is 9.83. The monoisotopic (exact) mass is 512 g/mol. The average Bonchev–Trinajstić information content (AvgIpc) is 2.78. The molecule has 0 aliphatic rings. The van der Waals surface area contributed by atoms with Crippen molar-refractivity contribution in [1.82, 2.24) is 0 Å². The maximum atomic E-state index is 13.2. The van der Waals surface area contributed by atoms with Crippen LogP contribution < -0.4 is 14.4 Å². The third-order valence-corrected chi connectivity index (χ3v) is 6.85. The highest BCUT2D eigenvalue weighted by Gasteiger charge is 2.34. The normalized spacial score (nSPS) is 11.7. The highest BCUT2D eigenvalue weighted by molar-refractivity contribution is 7.92. The number of benzene rings is 3. The molecule has 3 aromatic carbocycles. The lowest BCUT2D eigenvalue weighted by Crippen LogP contribution is -2.26. The number of halogens is 4. The maximum absolute atomic E-state index is 13.2. The largest absolute Gasteiger partial charge is 0.484 e. The predicted molar refractivity (Wildman–Crippen MR) is 124 cm³/mol. The first kappa shape index (κ1) is 25.4. The molecular weight excluding hydrogens is 493 g/mol. The molecule has 0 heterocycles. The lowest BCUT2D eigenvalue weighted by Gasteiger charge is -2.20. The van der Waals surface area contributed by atoms with Crippen molar-refractivity contribution in [3.8, 4) is 5.75 Å². The fraction of sp³-hybridized carbons (Fsp3) is 0.174. The Balaban J connectivity index is 1.64. The standard InChI is InChI=1S/C23H20ClF3N2O4S/c1-15-3-10-19(11-4-15)34(31,32)29(2)17-6-8-18(9-7-17)33-14-22(30)28-21-12-5-16(24)13-20(21)23(25,26)27/h3-13H,14H2,1-2H3,(H,28,30). The summed E-state index contributed by atoms with van der Waals surface area (Å²) in [5.41, 5.74) is -0.231. The summed E-state index contributed by atoms with van der Waals surface area (Å²) in [7, 11) is -2.37. The molecule has 0 fully saturated rings. The molecule has 0 radical (unpaired) electrons. The Hall–Kier alpha value is -3.24. The molecule has 0 unspecified atom stereocenters. The Labute approximate surface area is 200 Å². The average molecular weight is 513 g/mol. The molecule has 180 valence electrons. The SMILES string of the molecule is Cc1ccc(S(=O)(=O)N(C)c2ccc(OCC(=O)Nc3ccc(Cl)cc3C(F)(F)F)cc2)cc1. The van der Waals surface area contributed by atoms with E-state index in [0.29, 0.717) is 5.69 Å². The summed E-state index contributed by atoms with van der Waals surface area (Å²) in [4.78, 5) is 12.3. The number of aryl methyl sites for hydroxylation is 1. The first-order valence-corrected chi connectivity index (χ1v) is 11.6. The summed E-state index contributed by atoms with van der Waals surface area (Å²) in [6, 6.07) is 15.3. The molecule has 6 nitrogen and oxygen atoms in total. The van der Waals surface area contributed by atoms with E-state index >= 15 is 0 Å². The Bertz CT molecular complexity index is 1280. The number of nitrogens with zero attached hydrogens (tertiary/aromatic N) is 1. The third-order valence-electron chi connectivity index (χ3n) is 4.81. The lowest BCUT2D eigenvalue weighted by atomic mass is 10.1. The van der Waals surface area contributed by atoms with Crippen molar-refractivity contribution in [3.63, 3.8) is 0 Å². The van der Waals surface area contributed by atoms with Gasteiger partial charge < -0.3 is 10.1 Å². The van der Waals surface area contributed by atoms with Gasteiger partial charge in [-0.1, -0.05) is 29.3 Å². The minimum Gasteiger partial charge on any atom is -0.484 e. The minimum atomic E-state index is -4.70. The van der Waals surface area contributed by atoms with Crippen LogP contribution in [0.1, 0.15) is 11.1 Å². The van der Waals surface area contributed by atoms with Gasteiger partial charge in [-0.3, -0.25) is 9.10 Å². The van der Waals surface area contributed by atoms with Crippen LogP contribution in [0, 0.1) is 6.92 Å². The van der Waals surface area contributed by atoms with Crippen molar-refractivity contribution in [2.75, 3.05) is 23.3 Å². The van der Waals surface area contributed by atoms with Crippen LogP contribution in [-0.2, 0) is 21.0 Å². The number of ether oxygens (including phenoxy) is 1. The molecule has 3 rings (SSSR count). The molecule has 0 saturated heterocycles. The van der Waals surface area contributed by atoms with Gasteiger partial charge in [0.1, 0.15) is 5.75 Å². The van der Waals surface area contributed by atoms with E-state index in [1.807, 2.05) is 6.92 Å². The van der Waals surface area contributed by atoms with Gasteiger partial charge in [-0.15, -0.1) is 0 Å². The van der Waals surface area contributed by atoms with Gasteiger partial charge in [0.15, 0.2) is 6.61 Å². The summed E-state index contributed by atoms with van der Waals surface area (Å²) in [5, 5.41) is 2.04. The molecule has 3 aromatic rings. The van der Waals surface area contributed by atoms with E-state index in [-0.39, 0.29) is 15.7 Å². The zero-order valence-electron chi connectivity index (χ0n) is 18.1. The van der Waals surface area contributed by atoms with E-state index in [9.17, 15) is 26.4 Å².